The van der Waals surface area contributed by atoms with Crippen molar-refractivity contribution in [1.29, 1.82) is 0 Å². The van der Waals surface area contributed by atoms with Crippen LogP contribution in [0.5, 0.6) is 0 Å². The van der Waals surface area contributed by atoms with E-state index in [1.807, 2.05) is 20.8 Å². The van der Waals surface area contributed by atoms with Crippen LogP contribution in [0.15, 0.2) is 24.3 Å². The molecular formula is C15H21ClN2O3. The average Bonchev–Trinajstić information content (AvgIpc) is 2.37. The van der Waals surface area contributed by atoms with Gasteiger partial charge >= 0.3 is 5.97 Å². The molecule has 0 bridgehead atoms. The summed E-state index contributed by atoms with van der Waals surface area (Å²) in [6.07, 6.45) is 0. The van der Waals surface area contributed by atoms with E-state index in [1.165, 1.54) is 4.90 Å². The molecule has 1 atom stereocenters. The van der Waals surface area contributed by atoms with Crippen molar-refractivity contribution in [3.8, 4) is 0 Å². The molecule has 116 valence electrons. The molecule has 0 heterocycles. The molecule has 5 nitrogen and oxygen atoms in total. The first-order valence-electron chi connectivity index (χ1n) is 6.81. The van der Waals surface area contributed by atoms with E-state index in [4.69, 9.17) is 16.7 Å². The third-order valence-corrected chi connectivity index (χ3v) is 3.46. The third-order valence-electron chi connectivity index (χ3n) is 3.22. The number of hydrogen-bond donors (Lipinski definition) is 2. The van der Waals surface area contributed by atoms with Crippen LogP contribution in [0.3, 0.4) is 0 Å². The first kappa shape index (κ1) is 17.3. The van der Waals surface area contributed by atoms with Gasteiger partial charge in [-0.15, -0.1) is 0 Å². The molecule has 0 saturated carbocycles. The second kappa shape index (κ2) is 7.88. The molecule has 0 aliphatic carbocycles. The Morgan fingerprint density at radius 1 is 1.29 bits per heavy atom. The van der Waals surface area contributed by atoms with Crippen molar-refractivity contribution in [2.75, 3.05) is 18.0 Å². The van der Waals surface area contributed by atoms with Crippen LogP contribution in [-0.2, 0) is 9.59 Å². The number of aliphatic carboxylic acids is 1. The molecule has 1 aromatic rings. The quantitative estimate of drug-likeness (QED) is 0.811. The first-order chi connectivity index (χ1) is 9.79. The first-order valence-corrected chi connectivity index (χ1v) is 7.19. The van der Waals surface area contributed by atoms with E-state index >= 15 is 0 Å². The molecule has 0 saturated heterocycles. The Hall–Kier alpha value is -1.75. The number of anilines is 1. The van der Waals surface area contributed by atoms with Gasteiger partial charge < -0.3 is 15.3 Å². The van der Waals surface area contributed by atoms with Crippen molar-refractivity contribution in [2.24, 2.45) is 5.92 Å². The fraction of sp³-hybridized carbons (Fsp3) is 0.467. The predicted octanol–water partition coefficient (Wildman–Crippen LogP) is 2.39. The number of halogens is 1. The third kappa shape index (κ3) is 6.04. The fourth-order valence-electron chi connectivity index (χ4n) is 1.71. The second-order valence-corrected chi connectivity index (χ2v) is 5.77. The number of nitrogens with zero attached hydrogens (tertiary/aromatic N) is 1. The summed E-state index contributed by atoms with van der Waals surface area (Å²) in [6, 6.07) is 6.83. The number of nitrogens with one attached hydrogen (secondary N) is 1. The minimum atomic E-state index is -1.00. The van der Waals surface area contributed by atoms with Crippen LogP contribution in [-0.4, -0.2) is 36.1 Å². The van der Waals surface area contributed by atoms with Crippen LogP contribution in [0.2, 0.25) is 5.02 Å². The lowest BCUT2D eigenvalue weighted by Gasteiger charge is -2.24. The van der Waals surface area contributed by atoms with E-state index in [0.29, 0.717) is 16.6 Å². The summed E-state index contributed by atoms with van der Waals surface area (Å²) in [6.45, 7) is 5.66. The lowest BCUT2D eigenvalue weighted by Crippen LogP contribution is -2.44. The maximum atomic E-state index is 12.0. The Kier molecular flexibility index (Phi) is 6.49. The Morgan fingerprint density at radius 2 is 1.95 bits per heavy atom. The van der Waals surface area contributed by atoms with Crippen molar-refractivity contribution < 1.29 is 14.7 Å². The van der Waals surface area contributed by atoms with Gasteiger partial charge in [-0.25, -0.2) is 0 Å². The summed E-state index contributed by atoms with van der Waals surface area (Å²) in [5, 5.41) is 12.4. The van der Waals surface area contributed by atoms with Gasteiger partial charge in [-0.1, -0.05) is 31.5 Å². The number of carbonyl (C=O) groups excluding carboxylic acids is 1. The standard InChI is InChI=1S/C15H21ClN2O3/c1-10(2)11(3)17-14(19)8-18(9-15(20)21)13-6-4-5-12(16)7-13/h4-7,10-11H,8-9H2,1-3H3,(H,17,19)(H,20,21). The number of rotatable bonds is 7. The zero-order valence-electron chi connectivity index (χ0n) is 12.5. The molecule has 0 fully saturated rings. The molecule has 6 heteroatoms. The van der Waals surface area contributed by atoms with Gasteiger partial charge in [0.2, 0.25) is 5.91 Å². The average molecular weight is 313 g/mol. The number of benzene rings is 1. The SMILES string of the molecule is CC(C)C(C)NC(=O)CN(CC(=O)O)c1cccc(Cl)c1. The highest BCUT2D eigenvalue weighted by Gasteiger charge is 2.17. The molecule has 1 aromatic carbocycles. The molecule has 0 spiro atoms. The number of amides is 1. The highest BCUT2D eigenvalue weighted by atomic mass is 35.5. The van der Waals surface area contributed by atoms with Crippen LogP contribution >= 0.6 is 11.6 Å². The topological polar surface area (TPSA) is 69.6 Å². The smallest absolute Gasteiger partial charge is 0.323 e. The zero-order valence-corrected chi connectivity index (χ0v) is 13.2. The number of hydrogen-bond acceptors (Lipinski definition) is 3. The van der Waals surface area contributed by atoms with E-state index in [0.717, 1.165) is 0 Å². The number of carboxylic acid groups (broad SMARTS) is 1. The predicted molar refractivity (Wildman–Crippen MR) is 83.7 cm³/mol. The normalized spacial score (nSPS) is 12.0. The minimum Gasteiger partial charge on any atom is -0.480 e. The molecule has 1 rings (SSSR count). The van der Waals surface area contributed by atoms with Gasteiger partial charge in [0.15, 0.2) is 0 Å². The summed E-state index contributed by atoms with van der Waals surface area (Å²) in [5.41, 5.74) is 0.609. The summed E-state index contributed by atoms with van der Waals surface area (Å²) >= 11 is 5.91. The summed E-state index contributed by atoms with van der Waals surface area (Å²) in [4.78, 5) is 24.5. The molecule has 0 aromatic heterocycles. The minimum absolute atomic E-state index is 0.0241. The molecule has 1 amide bonds. The van der Waals surface area contributed by atoms with Gasteiger partial charge in [-0.05, 0) is 31.0 Å². The highest BCUT2D eigenvalue weighted by Crippen LogP contribution is 2.19. The monoisotopic (exact) mass is 312 g/mol. The molecular weight excluding hydrogens is 292 g/mol. The van der Waals surface area contributed by atoms with E-state index in [1.54, 1.807) is 24.3 Å². The van der Waals surface area contributed by atoms with Crippen molar-refractivity contribution in [1.82, 2.24) is 5.32 Å². The van der Waals surface area contributed by atoms with Crippen molar-refractivity contribution in [2.45, 2.75) is 26.8 Å². The Labute approximate surface area is 129 Å². The van der Waals surface area contributed by atoms with Crippen LogP contribution in [0.1, 0.15) is 20.8 Å². The molecule has 2 N–H and O–H groups in total. The summed E-state index contributed by atoms with van der Waals surface area (Å²) < 4.78 is 0. The van der Waals surface area contributed by atoms with Crippen molar-refractivity contribution in [3.05, 3.63) is 29.3 Å². The maximum Gasteiger partial charge on any atom is 0.323 e. The number of carboxylic acids is 1. The van der Waals surface area contributed by atoms with Gasteiger partial charge in [-0.3, -0.25) is 9.59 Å². The largest absolute Gasteiger partial charge is 0.480 e. The van der Waals surface area contributed by atoms with Crippen molar-refractivity contribution >= 4 is 29.2 Å². The van der Waals surface area contributed by atoms with Gasteiger partial charge in [0.25, 0.3) is 0 Å². The summed E-state index contributed by atoms with van der Waals surface area (Å²) in [7, 11) is 0. The Balaban J connectivity index is 2.79. The van der Waals surface area contributed by atoms with Gasteiger partial charge in [0.05, 0.1) is 6.54 Å². The Bertz CT molecular complexity index is 505. The zero-order chi connectivity index (χ0) is 16.0. The lowest BCUT2D eigenvalue weighted by molar-refractivity contribution is -0.135. The lowest BCUT2D eigenvalue weighted by atomic mass is 10.1. The fourth-order valence-corrected chi connectivity index (χ4v) is 1.90. The van der Waals surface area contributed by atoms with Crippen LogP contribution < -0.4 is 10.2 Å². The molecule has 0 aliphatic heterocycles. The molecule has 0 aliphatic rings. The van der Waals surface area contributed by atoms with Crippen molar-refractivity contribution in [3.63, 3.8) is 0 Å². The summed E-state index contributed by atoms with van der Waals surface area (Å²) in [5.74, 6) is -0.898. The van der Waals surface area contributed by atoms with Gasteiger partial charge in [0.1, 0.15) is 6.54 Å². The second-order valence-electron chi connectivity index (χ2n) is 5.33. The molecule has 21 heavy (non-hydrogen) atoms. The molecule has 1 unspecified atom stereocenters. The number of carbonyl (C=O) groups is 2. The van der Waals surface area contributed by atoms with E-state index < -0.39 is 5.97 Å². The van der Waals surface area contributed by atoms with Crippen LogP contribution in [0.4, 0.5) is 5.69 Å². The van der Waals surface area contributed by atoms with Crippen LogP contribution in [0.25, 0.3) is 0 Å². The highest BCUT2D eigenvalue weighted by molar-refractivity contribution is 6.30. The van der Waals surface area contributed by atoms with Gasteiger partial charge in [-0.2, -0.15) is 0 Å². The van der Waals surface area contributed by atoms with Crippen LogP contribution in [0, 0.1) is 5.92 Å². The van der Waals surface area contributed by atoms with E-state index in [2.05, 4.69) is 5.32 Å². The van der Waals surface area contributed by atoms with E-state index in [-0.39, 0.29) is 25.0 Å². The van der Waals surface area contributed by atoms with Gasteiger partial charge in [0, 0.05) is 16.8 Å². The molecule has 0 radical (unpaired) electrons. The Morgan fingerprint density at radius 3 is 2.48 bits per heavy atom. The van der Waals surface area contributed by atoms with E-state index in [9.17, 15) is 9.59 Å². The maximum absolute atomic E-state index is 12.0.